The van der Waals surface area contributed by atoms with E-state index in [0.717, 1.165) is 5.69 Å². The van der Waals surface area contributed by atoms with Gasteiger partial charge in [-0.05, 0) is 20.3 Å². The molecule has 1 aromatic heterocycles. The minimum absolute atomic E-state index is 0.260. The molecule has 0 saturated carbocycles. The Bertz CT molecular complexity index is 559. The molecule has 1 fully saturated rings. The number of aryl methyl sites for hydroxylation is 1. The van der Waals surface area contributed by atoms with Crippen LogP contribution in [0.15, 0.2) is 12.1 Å². The summed E-state index contributed by atoms with van der Waals surface area (Å²) >= 11 is 0. The van der Waals surface area contributed by atoms with Crippen LogP contribution >= 0.6 is 0 Å². The smallest absolute Gasteiger partial charge is 0.325 e. The number of hydrogen-bond acceptors (Lipinski definition) is 4. The van der Waals surface area contributed by atoms with Gasteiger partial charge in [0.1, 0.15) is 11.3 Å². The van der Waals surface area contributed by atoms with Gasteiger partial charge in [0.15, 0.2) is 0 Å². The third-order valence-corrected chi connectivity index (χ3v) is 3.77. The van der Waals surface area contributed by atoms with E-state index in [4.69, 9.17) is 4.74 Å². The Kier molecular flexibility index (Phi) is 3.65. The normalized spacial score (nSPS) is 22.1. The number of imide groups is 1. The van der Waals surface area contributed by atoms with Gasteiger partial charge in [0.25, 0.3) is 5.91 Å². The zero-order valence-corrected chi connectivity index (χ0v) is 12.2. The van der Waals surface area contributed by atoms with Crippen LogP contribution in [0.3, 0.4) is 0 Å². The lowest BCUT2D eigenvalue weighted by atomic mass is 9.97. The van der Waals surface area contributed by atoms with Gasteiger partial charge in [-0.2, -0.15) is 0 Å². The molecule has 3 amide bonds. The van der Waals surface area contributed by atoms with Gasteiger partial charge in [-0.3, -0.25) is 15.1 Å². The van der Waals surface area contributed by atoms with Gasteiger partial charge in [0, 0.05) is 17.8 Å². The van der Waals surface area contributed by atoms with E-state index < -0.39 is 5.54 Å². The topological polar surface area (TPSA) is 71.5 Å². The van der Waals surface area contributed by atoms with Gasteiger partial charge < -0.3 is 9.64 Å². The average molecular weight is 277 g/mol. The number of carbonyl (C=O) groups excluding carboxylic acids is 2. The molecule has 0 spiro atoms. The Morgan fingerprint density at radius 2 is 2.10 bits per heavy atom. The largest absolute Gasteiger partial charge is 0.497 e. The molecule has 108 valence electrons. The minimum Gasteiger partial charge on any atom is -0.497 e. The summed E-state index contributed by atoms with van der Waals surface area (Å²) in [4.78, 5) is 29.8. The summed E-state index contributed by atoms with van der Waals surface area (Å²) in [5.41, 5.74) is 0.685. The molecule has 1 N–H and O–H groups in total. The van der Waals surface area contributed by atoms with Crippen molar-refractivity contribution in [2.75, 3.05) is 7.11 Å². The fraction of sp³-hybridized carbons (Fsp3) is 0.500. The minimum atomic E-state index is -0.824. The van der Waals surface area contributed by atoms with Crippen molar-refractivity contribution in [1.29, 1.82) is 0 Å². The lowest BCUT2D eigenvalue weighted by Crippen LogP contribution is -2.46. The highest BCUT2D eigenvalue weighted by atomic mass is 16.5. The molecule has 2 rings (SSSR count). The van der Waals surface area contributed by atoms with Crippen LogP contribution < -0.4 is 10.1 Å². The van der Waals surface area contributed by atoms with Crippen molar-refractivity contribution < 1.29 is 14.3 Å². The number of hydrogen-bond donors (Lipinski definition) is 1. The predicted molar refractivity (Wildman–Crippen MR) is 73.3 cm³/mol. The Morgan fingerprint density at radius 3 is 2.70 bits per heavy atom. The van der Waals surface area contributed by atoms with Crippen molar-refractivity contribution in [2.45, 2.75) is 39.3 Å². The molecule has 6 heteroatoms. The molecule has 0 aliphatic carbocycles. The zero-order valence-electron chi connectivity index (χ0n) is 12.2. The number of nitrogens with one attached hydrogen (secondary N) is 1. The molecule has 2 heterocycles. The van der Waals surface area contributed by atoms with Crippen LogP contribution in [0.4, 0.5) is 4.79 Å². The van der Waals surface area contributed by atoms with Crippen molar-refractivity contribution in [3.05, 3.63) is 23.5 Å². The van der Waals surface area contributed by atoms with E-state index in [1.165, 1.54) is 4.90 Å². The van der Waals surface area contributed by atoms with Crippen LogP contribution in [0.1, 0.15) is 31.7 Å². The number of amides is 3. The molecule has 6 nitrogen and oxygen atoms in total. The van der Waals surface area contributed by atoms with Crippen molar-refractivity contribution >= 4 is 11.9 Å². The molecule has 1 aromatic rings. The third-order valence-electron chi connectivity index (χ3n) is 3.77. The quantitative estimate of drug-likeness (QED) is 0.849. The molecule has 1 aliphatic rings. The number of rotatable bonds is 4. The molecular weight excluding hydrogens is 258 g/mol. The van der Waals surface area contributed by atoms with Crippen molar-refractivity contribution in [2.24, 2.45) is 0 Å². The molecule has 0 aromatic carbocycles. The van der Waals surface area contributed by atoms with E-state index >= 15 is 0 Å². The number of ether oxygens (including phenoxy) is 1. The number of methoxy groups -OCH3 is 1. The molecule has 1 saturated heterocycles. The summed E-state index contributed by atoms with van der Waals surface area (Å²) in [6, 6.07) is 3.22. The van der Waals surface area contributed by atoms with E-state index in [9.17, 15) is 9.59 Å². The molecule has 20 heavy (non-hydrogen) atoms. The summed E-state index contributed by atoms with van der Waals surface area (Å²) in [7, 11) is 1.58. The fourth-order valence-electron chi connectivity index (χ4n) is 2.31. The van der Waals surface area contributed by atoms with Gasteiger partial charge in [-0.15, -0.1) is 0 Å². The van der Waals surface area contributed by atoms with Crippen LogP contribution in [0, 0.1) is 6.92 Å². The molecule has 1 atom stereocenters. The van der Waals surface area contributed by atoms with Crippen molar-refractivity contribution in [1.82, 2.24) is 15.2 Å². The second-order valence-corrected chi connectivity index (χ2v) is 5.11. The monoisotopic (exact) mass is 277 g/mol. The lowest BCUT2D eigenvalue weighted by Gasteiger charge is -2.30. The number of aromatic nitrogens is 1. The molecule has 1 aliphatic heterocycles. The maximum Gasteiger partial charge on any atom is 0.325 e. The van der Waals surface area contributed by atoms with E-state index in [2.05, 4.69) is 10.3 Å². The SMILES string of the molecule is CCC1(C)C(=O)NC(=O)N1Cc1cc(OC)cc(C)n1. The summed E-state index contributed by atoms with van der Waals surface area (Å²) < 4.78 is 5.20. The third kappa shape index (κ3) is 2.33. The first-order chi connectivity index (χ1) is 9.40. The Balaban J connectivity index is 2.31. The average Bonchev–Trinajstić information content (AvgIpc) is 2.62. The van der Waals surface area contributed by atoms with Gasteiger partial charge in [0.2, 0.25) is 0 Å². The van der Waals surface area contributed by atoms with E-state index in [-0.39, 0.29) is 18.5 Å². The molecule has 1 unspecified atom stereocenters. The van der Waals surface area contributed by atoms with E-state index in [0.29, 0.717) is 17.9 Å². The Labute approximate surface area is 118 Å². The number of nitrogens with zero attached hydrogens (tertiary/aromatic N) is 2. The lowest BCUT2D eigenvalue weighted by molar-refractivity contribution is -0.126. The van der Waals surface area contributed by atoms with Crippen molar-refractivity contribution in [3.8, 4) is 5.75 Å². The first-order valence-electron chi connectivity index (χ1n) is 6.55. The highest BCUT2D eigenvalue weighted by Crippen LogP contribution is 2.27. The number of pyridine rings is 1. The number of urea groups is 1. The predicted octanol–water partition coefficient (Wildman–Crippen LogP) is 1.62. The second-order valence-electron chi connectivity index (χ2n) is 5.11. The summed E-state index contributed by atoms with van der Waals surface area (Å²) in [5, 5.41) is 2.36. The van der Waals surface area contributed by atoms with Gasteiger partial charge in [-0.1, -0.05) is 6.92 Å². The van der Waals surface area contributed by atoms with Gasteiger partial charge >= 0.3 is 6.03 Å². The van der Waals surface area contributed by atoms with Gasteiger partial charge in [-0.25, -0.2) is 4.79 Å². The summed E-state index contributed by atoms with van der Waals surface area (Å²) in [6.07, 6.45) is 0.549. The van der Waals surface area contributed by atoms with Gasteiger partial charge in [0.05, 0.1) is 19.3 Å². The van der Waals surface area contributed by atoms with Crippen LogP contribution in [-0.2, 0) is 11.3 Å². The standard InChI is InChI=1S/C14H19N3O3/c1-5-14(3)12(18)16-13(19)17(14)8-10-7-11(20-4)6-9(2)15-10/h6-7H,5,8H2,1-4H3,(H,16,18,19). The molecular formula is C14H19N3O3. The maximum atomic E-state index is 11.9. The second kappa shape index (κ2) is 5.11. The van der Waals surface area contributed by atoms with Crippen molar-refractivity contribution in [3.63, 3.8) is 0 Å². The fourth-order valence-corrected chi connectivity index (χ4v) is 2.31. The van der Waals surface area contributed by atoms with Crippen LogP contribution in [0.2, 0.25) is 0 Å². The Hall–Kier alpha value is -2.11. The van der Waals surface area contributed by atoms with E-state index in [1.54, 1.807) is 20.1 Å². The summed E-state index contributed by atoms with van der Waals surface area (Å²) in [5.74, 6) is 0.432. The first kappa shape index (κ1) is 14.3. The number of carbonyl (C=O) groups is 2. The highest BCUT2D eigenvalue weighted by molar-refractivity contribution is 6.06. The summed E-state index contributed by atoms with van der Waals surface area (Å²) in [6.45, 7) is 5.79. The van der Waals surface area contributed by atoms with Crippen LogP contribution in [-0.4, -0.2) is 34.5 Å². The molecule has 0 bridgehead atoms. The maximum absolute atomic E-state index is 11.9. The van der Waals surface area contributed by atoms with Crippen LogP contribution in [0.5, 0.6) is 5.75 Å². The van der Waals surface area contributed by atoms with E-state index in [1.807, 2.05) is 19.9 Å². The first-order valence-corrected chi connectivity index (χ1v) is 6.55. The highest BCUT2D eigenvalue weighted by Gasteiger charge is 2.47. The van der Waals surface area contributed by atoms with Crippen LogP contribution in [0.25, 0.3) is 0 Å². The molecule has 0 radical (unpaired) electrons. The Morgan fingerprint density at radius 1 is 1.40 bits per heavy atom. The zero-order chi connectivity index (χ0) is 14.9.